The van der Waals surface area contributed by atoms with Gasteiger partial charge in [-0.3, -0.25) is 14.6 Å². The molecule has 9 nitrogen and oxygen atoms in total. The lowest BCUT2D eigenvalue weighted by molar-refractivity contribution is 0.0726. The highest BCUT2D eigenvalue weighted by Gasteiger charge is 2.49. The highest BCUT2D eigenvalue weighted by molar-refractivity contribution is 7.88. The van der Waals surface area contributed by atoms with Crippen LogP contribution in [-0.2, 0) is 15.6 Å². The third-order valence-electron chi connectivity index (χ3n) is 5.93. The number of fused-ring (bicyclic) bond motifs is 1. The molecule has 0 saturated carbocycles. The molecule has 5 heterocycles. The standard InChI is InChI=1S/C23H21N7O2S/c1-16-12-17(5-10-25-16)20-13-21-18(4-3-9-26-21)22(27-20)19-6-11-30(28-19)23(7-8-24)14-29(15-23)33(2,31)32/h3-6,9-13H,7,14-15H2,1-2H3. The molecule has 4 aromatic rings. The van der Waals surface area contributed by atoms with Gasteiger partial charge >= 0.3 is 0 Å². The molecule has 33 heavy (non-hydrogen) atoms. The fraction of sp³-hybridized carbons (Fsp3) is 0.261. The van der Waals surface area contributed by atoms with Crippen molar-refractivity contribution in [3.8, 4) is 28.7 Å². The van der Waals surface area contributed by atoms with Crippen LogP contribution in [0.3, 0.4) is 0 Å². The second-order valence-corrected chi connectivity index (χ2v) is 10.3. The fourth-order valence-corrected chi connectivity index (χ4v) is 5.12. The lowest BCUT2D eigenvalue weighted by Crippen LogP contribution is -2.63. The van der Waals surface area contributed by atoms with Crippen LogP contribution in [0.15, 0.2) is 55.0 Å². The Balaban J connectivity index is 1.60. The summed E-state index contributed by atoms with van der Waals surface area (Å²) < 4.78 is 26.9. The maximum Gasteiger partial charge on any atom is 0.211 e. The Labute approximate surface area is 191 Å². The molecule has 0 aliphatic carbocycles. The van der Waals surface area contributed by atoms with Crippen molar-refractivity contribution in [2.45, 2.75) is 18.9 Å². The largest absolute Gasteiger partial charge is 0.262 e. The van der Waals surface area contributed by atoms with E-state index in [2.05, 4.69) is 16.0 Å². The van der Waals surface area contributed by atoms with Crippen molar-refractivity contribution in [1.82, 2.24) is 29.0 Å². The Hall–Kier alpha value is -3.68. The van der Waals surface area contributed by atoms with Gasteiger partial charge in [0.25, 0.3) is 0 Å². The van der Waals surface area contributed by atoms with Crippen LogP contribution in [0, 0.1) is 18.3 Å². The number of aryl methyl sites for hydroxylation is 1. The van der Waals surface area contributed by atoms with Gasteiger partial charge in [-0.05, 0) is 43.3 Å². The van der Waals surface area contributed by atoms with E-state index in [0.717, 1.165) is 27.9 Å². The van der Waals surface area contributed by atoms with Gasteiger partial charge in [0.05, 0.1) is 30.0 Å². The quantitative estimate of drug-likeness (QED) is 0.450. The van der Waals surface area contributed by atoms with Crippen molar-refractivity contribution in [3.05, 3.63) is 60.7 Å². The van der Waals surface area contributed by atoms with Crippen molar-refractivity contribution in [2.75, 3.05) is 19.3 Å². The van der Waals surface area contributed by atoms with Crippen LogP contribution in [0.25, 0.3) is 33.5 Å². The summed E-state index contributed by atoms with van der Waals surface area (Å²) in [6, 6.07) is 13.6. The average Bonchev–Trinajstić information content (AvgIpc) is 3.24. The maximum absolute atomic E-state index is 11.9. The molecule has 0 N–H and O–H groups in total. The van der Waals surface area contributed by atoms with E-state index in [4.69, 9.17) is 10.1 Å². The summed E-state index contributed by atoms with van der Waals surface area (Å²) in [6.45, 7) is 2.36. The monoisotopic (exact) mass is 459 g/mol. The van der Waals surface area contributed by atoms with E-state index in [1.807, 2.05) is 43.3 Å². The van der Waals surface area contributed by atoms with E-state index in [-0.39, 0.29) is 19.5 Å². The topological polar surface area (TPSA) is 118 Å². The third kappa shape index (κ3) is 3.75. The minimum atomic E-state index is -3.32. The van der Waals surface area contributed by atoms with Crippen molar-refractivity contribution in [1.29, 1.82) is 5.26 Å². The van der Waals surface area contributed by atoms with Gasteiger partial charge in [0.15, 0.2) is 0 Å². The summed E-state index contributed by atoms with van der Waals surface area (Å²) in [5.74, 6) is 0. The predicted molar refractivity (Wildman–Crippen MR) is 123 cm³/mol. The summed E-state index contributed by atoms with van der Waals surface area (Å²) in [5.41, 5.74) is 3.99. The van der Waals surface area contributed by atoms with Gasteiger partial charge in [-0.1, -0.05) is 0 Å². The zero-order valence-corrected chi connectivity index (χ0v) is 19.0. The second kappa shape index (κ2) is 7.72. The van der Waals surface area contributed by atoms with Gasteiger partial charge in [0.1, 0.15) is 16.9 Å². The molecule has 0 bridgehead atoms. The molecule has 1 saturated heterocycles. The first-order chi connectivity index (χ1) is 15.8. The Kier molecular flexibility index (Phi) is 4.96. The average molecular weight is 460 g/mol. The van der Waals surface area contributed by atoms with Crippen molar-refractivity contribution >= 4 is 20.9 Å². The van der Waals surface area contributed by atoms with E-state index in [9.17, 15) is 13.7 Å². The molecule has 1 fully saturated rings. The van der Waals surface area contributed by atoms with Crippen LogP contribution in [0.1, 0.15) is 12.1 Å². The van der Waals surface area contributed by atoms with Crippen LogP contribution in [0.4, 0.5) is 0 Å². The number of nitrogens with zero attached hydrogens (tertiary/aromatic N) is 7. The Morgan fingerprint density at radius 2 is 1.94 bits per heavy atom. The molecule has 0 radical (unpaired) electrons. The van der Waals surface area contributed by atoms with E-state index in [1.165, 1.54) is 10.6 Å². The van der Waals surface area contributed by atoms with Gasteiger partial charge in [0.2, 0.25) is 10.0 Å². The molecule has 1 aliphatic heterocycles. The van der Waals surface area contributed by atoms with Gasteiger partial charge in [-0.15, -0.1) is 0 Å². The number of sulfonamides is 1. The molecule has 0 amide bonds. The smallest absolute Gasteiger partial charge is 0.211 e. The summed E-state index contributed by atoms with van der Waals surface area (Å²) in [7, 11) is -3.32. The highest BCUT2D eigenvalue weighted by atomic mass is 32.2. The minimum absolute atomic E-state index is 0.159. The second-order valence-electron chi connectivity index (χ2n) is 8.35. The normalized spacial score (nSPS) is 15.8. The van der Waals surface area contributed by atoms with E-state index < -0.39 is 15.6 Å². The lowest BCUT2D eigenvalue weighted by Gasteiger charge is -2.47. The van der Waals surface area contributed by atoms with Gasteiger partial charge in [-0.2, -0.15) is 14.7 Å². The Morgan fingerprint density at radius 1 is 1.12 bits per heavy atom. The first kappa shape index (κ1) is 21.2. The summed E-state index contributed by atoms with van der Waals surface area (Å²) in [5, 5.41) is 15.0. The van der Waals surface area contributed by atoms with Crippen LogP contribution in [-0.4, -0.2) is 56.8 Å². The van der Waals surface area contributed by atoms with Crippen LogP contribution >= 0.6 is 0 Å². The van der Waals surface area contributed by atoms with Gasteiger partial charge in [-0.25, -0.2) is 13.4 Å². The molecule has 5 rings (SSSR count). The van der Waals surface area contributed by atoms with E-state index in [1.54, 1.807) is 23.3 Å². The minimum Gasteiger partial charge on any atom is -0.262 e. The van der Waals surface area contributed by atoms with Crippen LogP contribution in [0.2, 0.25) is 0 Å². The fourth-order valence-electron chi connectivity index (χ4n) is 4.17. The molecule has 0 aromatic carbocycles. The van der Waals surface area contributed by atoms with Crippen LogP contribution in [0.5, 0.6) is 0 Å². The highest BCUT2D eigenvalue weighted by Crippen LogP contribution is 2.35. The van der Waals surface area contributed by atoms with Crippen molar-refractivity contribution in [3.63, 3.8) is 0 Å². The van der Waals surface area contributed by atoms with E-state index in [0.29, 0.717) is 11.4 Å². The number of rotatable bonds is 5. The molecule has 1 aliphatic rings. The molecular formula is C23H21N7O2S. The zero-order valence-electron chi connectivity index (χ0n) is 18.2. The first-order valence-electron chi connectivity index (χ1n) is 10.4. The van der Waals surface area contributed by atoms with E-state index >= 15 is 0 Å². The summed E-state index contributed by atoms with van der Waals surface area (Å²) in [4.78, 5) is 13.7. The summed E-state index contributed by atoms with van der Waals surface area (Å²) in [6.07, 6.45) is 6.61. The molecule has 0 atom stereocenters. The number of hydrogen-bond acceptors (Lipinski definition) is 7. The maximum atomic E-state index is 11.9. The number of aromatic nitrogens is 5. The van der Waals surface area contributed by atoms with Crippen molar-refractivity contribution < 1.29 is 8.42 Å². The Bertz CT molecular complexity index is 1520. The number of nitriles is 1. The number of hydrogen-bond donors (Lipinski definition) is 0. The van der Waals surface area contributed by atoms with Gasteiger partial charge in [0, 0.05) is 48.3 Å². The Morgan fingerprint density at radius 3 is 2.67 bits per heavy atom. The molecule has 10 heteroatoms. The summed E-state index contributed by atoms with van der Waals surface area (Å²) >= 11 is 0. The molecule has 4 aromatic heterocycles. The zero-order chi connectivity index (χ0) is 23.2. The SMILES string of the molecule is Cc1cc(-c2cc3ncccc3c(-c3ccn(C4(CC#N)CN(S(C)(=O)=O)C4)n3)n2)ccn1. The van der Waals surface area contributed by atoms with Crippen molar-refractivity contribution in [2.24, 2.45) is 0 Å². The molecule has 0 unspecified atom stereocenters. The molecule has 0 spiro atoms. The van der Waals surface area contributed by atoms with Gasteiger partial charge < -0.3 is 0 Å². The lowest BCUT2D eigenvalue weighted by atomic mass is 9.89. The van der Waals surface area contributed by atoms with Crippen LogP contribution < -0.4 is 0 Å². The molecular weight excluding hydrogens is 438 g/mol. The number of pyridine rings is 3. The first-order valence-corrected chi connectivity index (χ1v) is 12.2. The third-order valence-corrected chi connectivity index (χ3v) is 7.12. The molecule has 166 valence electrons. The predicted octanol–water partition coefficient (Wildman–Crippen LogP) is 2.75.